The molecule has 0 spiro atoms. The highest BCUT2D eigenvalue weighted by molar-refractivity contribution is 5.98. The number of carbonyl (C=O) groups excluding carboxylic acids is 3. The van der Waals surface area contributed by atoms with Crippen LogP contribution in [-0.2, 0) is 4.79 Å². The van der Waals surface area contributed by atoms with Crippen molar-refractivity contribution < 1.29 is 14.4 Å². The fraction of sp³-hybridized carbons (Fsp3) is 0.222. The van der Waals surface area contributed by atoms with Gasteiger partial charge in [-0.2, -0.15) is 0 Å². The minimum atomic E-state index is -0.271. The molecule has 0 radical (unpaired) electrons. The highest BCUT2D eigenvalue weighted by Gasteiger charge is 2.13. The van der Waals surface area contributed by atoms with Crippen molar-refractivity contribution in [1.29, 1.82) is 0 Å². The Hall–Kier alpha value is -4.13. The zero-order valence-corrected chi connectivity index (χ0v) is 19.6. The maximum Gasteiger partial charge on any atom is 0.251 e. The van der Waals surface area contributed by atoms with Crippen LogP contribution in [0.25, 0.3) is 0 Å². The molecule has 0 saturated heterocycles. The molecule has 176 valence electrons. The second-order valence-corrected chi connectivity index (χ2v) is 8.30. The van der Waals surface area contributed by atoms with E-state index >= 15 is 0 Å². The number of benzene rings is 3. The maximum atomic E-state index is 12.7. The Kier molecular flexibility index (Phi) is 8.40. The second-order valence-electron chi connectivity index (χ2n) is 8.30. The van der Waals surface area contributed by atoms with Crippen LogP contribution in [0.1, 0.15) is 53.1 Å². The quantitative estimate of drug-likeness (QED) is 0.383. The van der Waals surface area contributed by atoms with Gasteiger partial charge in [-0.25, -0.2) is 0 Å². The summed E-state index contributed by atoms with van der Waals surface area (Å²) >= 11 is 0. The first-order valence-corrected chi connectivity index (χ1v) is 11.2. The molecule has 0 bridgehead atoms. The molecule has 1 atom stereocenters. The van der Waals surface area contributed by atoms with Crippen molar-refractivity contribution >= 4 is 29.1 Å². The van der Waals surface area contributed by atoms with Crippen molar-refractivity contribution in [2.24, 2.45) is 0 Å². The van der Waals surface area contributed by atoms with Gasteiger partial charge in [-0.3, -0.25) is 14.4 Å². The summed E-state index contributed by atoms with van der Waals surface area (Å²) in [5, 5.41) is 11.6. The molecule has 3 rings (SSSR count). The predicted octanol–water partition coefficient (Wildman–Crippen LogP) is 4.37. The van der Waals surface area contributed by atoms with Crippen LogP contribution in [0.5, 0.6) is 0 Å². The molecule has 0 saturated carbocycles. The predicted molar refractivity (Wildman–Crippen MR) is 135 cm³/mol. The molecule has 0 aliphatic rings. The summed E-state index contributed by atoms with van der Waals surface area (Å²) in [5.74, 6) is -0.658. The molecule has 3 aromatic carbocycles. The third-order valence-electron chi connectivity index (χ3n) is 5.05. The molecule has 0 fully saturated rings. The molecule has 0 heterocycles. The van der Waals surface area contributed by atoms with Gasteiger partial charge in [-0.05, 0) is 62.7 Å². The number of rotatable bonds is 9. The number of carbonyl (C=O) groups is 3. The average molecular weight is 459 g/mol. The van der Waals surface area contributed by atoms with E-state index in [1.54, 1.807) is 48.5 Å². The Morgan fingerprint density at radius 1 is 0.706 bits per heavy atom. The van der Waals surface area contributed by atoms with Crippen molar-refractivity contribution in [3.05, 3.63) is 95.6 Å². The fourth-order valence-corrected chi connectivity index (χ4v) is 3.35. The van der Waals surface area contributed by atoms with E-state index in [2.05, 4.69) is 21.3 Å². The van der Waals surface area contributed by atoms with Crippen LogP contribution >= 0.6 is 0 Å². The molecule has 4 N–H and O–H groups in total. The monoisotopic (exact) mass is 458 g/mol. The summed E-state index contributed by atoms with van der Waals surface area (Å²) in [6, 6.07) is 23.4. The van der Waals surface area contributed by atoms with Gasteiger partial charge in [0.2, 0.25) is 5.91 Å². The molecule has 0 aliphatic heterocycles. The van der Waals surface area contributed by atoms with Crippen molar-refractivity contribution in [2.75, 3.05) is 17.2 Å². The number of nitrogens with one attached hydrogen (secondary N) is 4. The number of anilines is 2. The lowest BCUT2D eigenvalue weighted by Crippen LogP contribution is -2.30. The van der Waals surface area contributed by atoms with E-state index in [1.807, 2.05) is 51.1 Å². The lowest BCUT2D eigenvalue weighted by molar-refractivity contribution is -0.114. The van der Waals surface area contributed by atoms with Crippen LogP contribution in [-0.4, -0.2) is 30.3 Å². The minimum Gasteiger partial charge on any atom is -0.376 e. The van der Waals surface area contributed by atoms with Crippen molar-refractivity contribution in [1.82, 2.24) is 10.6 Å². The normalized spacial score (nSPS) is 11.4. The van der Waals surface area contributed by atoms with Gasteiger partial charge in [-0.1, -0.05) is 42.5 Å². The smallest absolute Gasteiger partial charge is 0.251 e. The Labute approximate surface area is 200 Å². The van der Waals surface area contributed by atoms with Gasteiger partial charge in [0.15, 0.2) is 0 Å². The van der Waals surface area contributed by atoms with Gasteiger partial charge in [0, 0.05) is 28.5 Å². The van der Waals surface area contributed by atoms with Crippen LogP contribution in [0.2, 0.25) is 0 Å². The molecule has 0 aliphatic carbocycles. The molecule has 7 heteroatoms. The van der Waals surface area contributed by atoms with Crippen molar-refractivity contribution in [3.8, 4) is 0 Å². The fourth-order valence-electron chi connectivity index (χ4n) is 3.35. The molecule has 34 heavy (non-hydrogen) atoms. The van der Waals surface area contributed by atoms with Gasteiger partial charge >= 0.3 is 0 Å². The highest BCUT2D eigenvalue weighted by Crippen LogP contribution is 2.15. The zero-order valence-electron chi connectivity index (χ0n) is 19.6. The summed E-state index contributed by atoms with van der Waals surface area (Å²) in [6.45, 7) is 5.72. The van der Waals surface area contributed by atoms with E-state index in [9.17, 15) is 14.4 Å². The zero-order chi connectivity index (χ0) is 24.5. The molecule has 0 aromatic heterocycles. The van der Waals surface area contributed by atoms with E-state index in [0.717, 1.165) is 5.56 Å². The summed E-state index contributed by atoms with van der Waals surface area (Å²) in [6.07, 6.45) is 0. The summed E-state index contributed by atoms with van der Waals surface area (Å²) in [5.41, 5.74) is 3.17. The minimum absolute atomic E-state index is 0.0106. The lowest BCUT2D eigenvalue weighted by Gasteiger charge is -2.15. The molecule has 3 amide bonds. The largest absolute Gasteiger partial charge is 0.376 e. The van der Waals surface area contributed by atoms with Gasteiger partial charge in [0.25, 0.3) is 11.8 Å². The second kappa shape index (κ2) is 11.7. The van der Waals surface area contributed by atoms with Crippen LogP contribution in [0.15, 0.2) is 78.9 Å². The average Bonchev–Trinajstić information content (AvgIpc) is 2.83. The van der Waals surface area contributed by atoms with Crippen LogP contribution < -0.4 is 21.3 Å². The number of hydrogen-bond donors (Lipinski definition) is 4. The van der Waals surface area contributed by atoms with E-state index in [4.69, 9.17) is 0 Å². The van der Waals surface area contributed by atoms with E-state index < -0.39 is 0 Å². The van der Waals surface area contributed by atoms with Crippen LogP contribution in [0.3, 0.4) is 0 Å². The van der Waals surface area contributed by atoms with Gasteiger partial charge in [0.1, 0.15) is 0 Å². The number of hydrogen-bond acceptors (Lipinski definition) is 4. The van der Waals surface area contributed by atoms with E-state index in [-0.39, 0.29) is 36.3 Å². The third-order valence-corrected chi connectivity index (χ3v) is 5.05. The Balaban J connectivity index is 1.55. The first-order valence-electron chi connectivity index (χ1n) is 11.2. The van der Waals surface area contributed by atoms with E-state index in [1.165, 1.54) is 0 Å². The Morgan fingerprint density at radius 2 is 1.29 bits per heavy atom. The standard InChI is InChI=1S/C27H30N4O3/c1-18(2)29-26(33)21-11-7-13-23(15-21)28-17-25(32)31-24-14-8-12-22(16-24)27(34)30-19(3)20-9-5-4-6-10-20/h4-16,18-19,28H,17H2,1-3H3,(H,29,33)(H,30,34)(H,31,32). The number of amides is 3. The van der Waals surface area contributed by atoms with Crippen molar-refractivity contribution in [3.63, 3.8) is 0 Å². The van der Waals surface area contributed by atoms with Gasteiger partial charge < -0.3 is 21.3 Å². The molecule has 3 aromatic rings. The third kappa shape index (κ3) is 7.20. The van der Waals surface area contributed by atoms with Gasteiger partial charge in [-0.15, -0.1) is 0 Å². The van der Waals surface area contributed by atoms with Crippen LogP contribution in [0, 0.1) is 0 Å². The van der Waals surface area contributed by atoms with Crippen molar-refractivity contribution in [2.45, 2.75) is 32.9 Å². The first kappa shape index (κ1) is 24.5. The highest BCUT2D eigenvalue weighted by atomic mass is 16.2. The summed E-state index contributed by atoms with van der Waals surface area (Å²) < 4.78 is 0. The molecule has 1 unspecified atom stereocenters. The Morgan fingerprint density at radius 3 is 1.94 bits per heavy atom. The maximum absolute atomic E-state index is 12.7. The first-order chi connectivity index (χ1) is 16.3. The SMILES string of the molecule is CC(C)NC(=O)c1cccc(NCC(=O)Nc2cccc(C(=O)NC(C)c3ccccc3)c2)c1. The van der Waals surface area contributed by atoms with Crippen LogP contribution in [0.4, 0.5) is 11.4 Å². The molecule has 7 nitrogen and oxygen atoms in total. The van der Waals surface area contributed by atoms with E-state index in [0.29, 0.717) is 22.5 Å². The Bertz CT molecular complexity index is 1150. The topological polar surface area (TPSA) is 99.3 Å². The van der Waals surface area contributed by atoms with Gasteiger partial charge in [0.05, 0.1) is 12.6 Å². The molecular weight excluding hydrogens is 428 g/mol. The lowest BCUT2D eigenvalue weighted by atomic mass is 10.1. The molecular formula is C27H30N4O3. The summed E-state index contributed by atoms with van der Waals surface area (Å²) in [7, 11) is 0. The summed E-state index contributed by atoms with van der Waals surface area (Å²) in [4.78, 5) is 37.3.